The Labute approximate surface area is 161 Å². The van der Waals surface area contributed by atoms with Crippen molar-refractivity contribution < 1.29 is 0 Å². The molecule has 1 heterocycles. The van der Waals surface area contributed by atoms with Crippen LogP contribution in [0.4, 0.5) is 0 Å². The second-order valence-corrected chi connectivity index (χ2v) is 6.96. The van der Waals surface area contributed by atoms with Crippen molar-refractivity contribution in [3.63, 3.8) is 0 Å². The Morgan fingerprint density at radius 3 is 1.74 bits per heavy atom. The molecule has 0 aliphatic carbocycles. The summed E-state index contributed by atoms with van der Waals surface area (Å²) in [5, 5.41) is 0. The summed E-state index contributed by atoms with van der Waals surface area (Å²) in [6.07, 6.45) is 2.23. The van der Waals surface area contributed by atoms with Crippen LogP contribution in [0.2, 0.25) is 0 Å². The van der Waals surface area contributed by atoms with Crippen molar-refractivity contribution in [3.05, 3.63) is 119 Å². The first kappa shape index (κ1) is 17.2. The van der Waals surface area contributed by atoms with E-state index in [4.69, 9.17) is 4.99 Å². The van der Waals surface area contributed by atoms with Crippen molar-refractivity contribution in [3.8, 4) is 0 Å². The number of hydrogen-bond donors (Lipinski definition) is 0. The van der Waals surface area contributed by atoms with Gasteiger partial charge in [-0.25, -0.2) is 0 Å². The minimum atomic E-state index is 0.145. The summed E-state index contributed by atoms with van der Waals surface area (Å²) in [7, 11) is 0. The average molecular weight is 349 g/mol. The van der Waals surface area contributed by atoms with Crippen LogP contribution in [0, 0.1) is 0 Å². The minimum Gasteiger partial charge on any atom is -0.256 e. The van der Waals surface area contributed by atoms with E-state index in [2.05, 4.69) is 105 Å². The van der Waals surface area contributed by atoms with Gasteiger partial charge in [0, 0.05) is 17.2 Å². The van der Waals surface area contributed by atoms with E-state index in [0.29, 0.717) is 0 Å². The van der Waals surface area contributed by atoms with Crippen LogP contribution < -0.4 is 0 Å². The van der Waals surface area contributed by atoms with E-state index >= 15 is 0 Å². The van der Waals surface area contributed by atoms with Crippen molar-refractivity contribution in [2.45, 2.75) is 19.8 Å². The van der Waals surface area contributed by atoms with Crippen LogP contribution in [-0.4, -0.2) is 5.71 Å². The predicted octanol–water partition coefficient (Wildman–Crippen LogP) is 6.76. The molecule has 0 spiro atoms. The van der Waals surface area contributed by atoms with Gasteiger partial charge >= 0.3 is 0 Å². The van der Waals surface area contributed by atoms with Gasteiger partial charge in [-0.1, -0.05) is 91.0 Å². The molecule has 1 nitrogen and oxygen atoms in total. The van der Waals surface area contributed by atoms with Gasteiger partial charge in [0.05, 0.1) is 5.70 Å². The highest BCUT2D eigenvalue weighted by Crippen LogP contribution is 2.39. The van der Waals surface area contributed by atoms with E-state index in [1.165, 1.54) is 22.3 Å². The summed E-state index contributed by atoms with van der Waals surface area (Å²) in [5.41, 5.74) is 8.41. The molecule has 1 aliphatic rings. The quantitative estimate of drug-likeness (QED) is 0.495. The number of benzene rings is 3. The van der Waals surface area contributed by atoms with Gasteiger partial charge in [0.1, 0.15) is 0 Å². The number of nitrogens with zero attached hydrogens (tertiary/aromatic N) is 1. The van der Waals surface area contributed by atoms with Gasteiger partial charge in [-0.2, -0.15) is 0 Å². The van der Waals surface area contributed by atoms with E-state index in [-0.39, 0.29) is 5.92 Å². The second kappa shape index (κ2) is 7.59. The molecule has 0 saturated heterocycles. The molecule has 27 heavy (non-hydrogen) atoms. The zero-order chi connectivity index (χ0) is 18.6. The Balaban J connectivity index is 1.95. The number of allylic oxidation sites excluding steroid dienone is 3. The molecule has 0 bridgehead atoms. The molecule has 0 aromatic heterocycles. The Kier molecular flexibility index (Phi) is 4.84. The smallest absolute Gasteiger partial charge is 0.0704 e. The number of rotatable bonds is 3. The number of aliphatic imine (C=N–C) groups is 1. The third-order valence-electron chi connectivity index (χ3n) is 5.07. The zero-order valence-corrected chi connectivity index (χ0v) is 15.8. The first-order valence-corrected chi connectivity index (χ1v) is 9.37. The van der Waals surface area contributed by atoms with Crippen LogP contribution in [-0.2, 0) is 0 Å². The minimum absolute atomic E-state index is 0.145. The Bertz CT molecular complexity index is 1010. The molecule has 3 aromatic rings. The fourth-order valence-electron chi connectivity index (χ4n) is 3.83. The lowest BCUT2D eigenvalue weighted by molar-refractivity contribution is 1.13. The maximum absolute atomic E-state index is 5.07. The van der Waals surface area contributed by atoms with Gasteiger partial charge in [-0.05, 0) is 42.2 Å². The molecule has 0 fully saturated rings. The number of hydrogen-bond acceptors (Lipinski definition) is 1. The summed E-state index contributed by atoms with van der Waals surface area (Å²) < 4.78 is 0. The summed E-state index contributed by atoms with van der Waals surface area (Å²) in [6, 6.07) is 31.8. The van der Waals surface area contributed by atoms with Crippen molar-refractivity contribution in [2.75, 3.05) is 0 Å². The van der Waals surface area contributed by atoms with Crippen molar-refractivity contribution in [1.29, 1.82) is 0 Å². The zero-order valence-electron chi connectivity index (χ0n) is 15.8. The SMILES string of the molecule is CC1=NC(c2ccccc2)=CC(C)=C(c2ccccc2)C1c1ccccc1. The summed E-state index contributed by atoms with van der Waals surface area (Å²) in [4.78, 5) is 5.07. The van der Waals surface area contributed by atoms with Crippen molar-refractivity contribution >= 4 is 17.0 Å². The molecule has 0 saturated carbocycles. The highest BCUT2D eigenvalue weighted by Gasteiger charge is 2.25. The molecule has 1 heteroatoms. The maximum atomic E-state index is 5.07. The maximum Gasteiger partial charge on any atom is 0.0704 e. The van der Waals surface area contributed by atoms with Crippen LogP contribution in [0.3, 0.4) is 0 Å². The summed E-state index contributed by atoms with van der Waals surface area (Å²) >= 11 is 0. The van der Waals surface area contributed by atoms with Gasteiger partial charge in [-0.15, -0.1) is 0 Å². The van der Waals surface area contributed by atoms with Gasteiger partial charge < -0.3 is 0 Å². The fourth-order valence-corrected chi connectivity index (χ4v) is 3.83. The molecule has 132 valence electrons. The Hall–Kier alpha value is -3.19. The molecular formula is C26H23N. The highest BCUT2D eigenvalue weighted by atomic mass is 14.8. The predicted molar refractivity (Wildman–Crippen MR) is 116 cm³/mol. The molecule has 1 atom stereocenters. The van der Waals surface area contributed by atoms with E-state index in [1.54, 1.807) is 0 Å². The third-order valence-corrected chi connectivity index (χ3v) is 5.07. The lowest BCUT2D eigenvalue weighted by atomic mass is 9.81. The first-order valence-electron chi connectivity index (χ1n) is 9.37. The lowest BCUT2D eigenvalue weighted by Crippen LogP contribution is -2.12. The molecule has 4 rings (SSSR count). The molecule has 0 N–H and O–H groups in total. The van der Waals surface area contributed by atoms with Gasteiger partial charge in [0.15, 0.2) is 0 Å². The molecule has 0 radical (unpaired) electrons. The monoisotopic (exact) mass is 349 g/mol. The van der Waals surface area contributed by atoms with Gasteiger partial charge in [-0.3, -0.25) is 4.99 Å². The van der Waals surface area contributed by atoms with Crippen LogP contribution in [0.5, 0.6) is 0 Å². The van der Waals surface area contributed by atoms with E-state index in [9.17, 15) is 0 Å². The summed E-state index contributed by atoms with van der Waals surface area (Å²) in [6.45, 7) is 4.35. The second-order valence-electron chi connectivity index (χ2n) is 6.96. The average Bonchev–Trinajstić information content (AvgIpc) is 2.86. The topological polar surface area (TPSA) is 12.4 Å². The molecule has 0 amide bonds. The molecule has 1 unspecified atom stereocenters. The first-order chi connectivity index (χ1) is 13.2. The highest BCUT2D eigenvalue weighted by molar-refractivity contribution is 6.05. The Morgan fingerprint density at radius 2 is 1.15 bits per heavy atom. The molecular weight excluding hydrogens is 326 g/mol. The Morgan fingerprint density at radius 1 is 0.630 bits per heavy atom. The van der Waals surface area contributed by atoms with E-state index < -0.39 is 0 Å². The standard InChI is InChI=1S/C26H23N/c1-19-18-24(21-12-6-3-7-13-21)27-20(2)26(23-16-10-5-11-17-23)25(19)22-14-8-4-9-15-22/h3-18,26H,1-2H3. The normalized spacial score (nSPS) is 17.2. The van der Waals surface area contributed by atoms with Gasteiger partial charge in [0.25, 0.3) is 0 Å². The van der Waals surface area contributed by atoms with Crippen LogP contribution >= 0.6 is 0 Å². The van der Waals surface area contributed by atoms with Crippen molar-refractivity contribution in [1.82, 2.24) is 0 Å². The third kappa shape index (κ3) is 3.54. The van der Waals surface area contributed by atoms with E-state index in [1.807, 2.05) is 6.07 Å². The van der Waals surface area contributed by atoms with Gasteiger partial charge in [0.2, 0.25) is 0 Å². The van der Waals surface area contributed by atoms with E-state index in [0.717, 1.165) is 17.0 Å². The molecule has 3 aromatic carbocycles. The largest absolute Gasteiger partial charge is 0.256 e. The van der Waals surface area contributed by atoms with Crippen LogP contribution in [0.1, 0.15) is 36.5 Å². The van der Waals surface area contributed by atoms with Crippen molar-refractivity contribution in [2.24, 2.45) is 4.99 Å². The van der Waals surface area contributed by atoms with Crippen LogP contribution in [0.15, 0.2) is 108 Å². The van der Waals surface area contributed by atoms with Crippen LogP contribution in [0.25, 0.3) is 11.3 Å². The molecule has 1 aliphatic heterocycles. The lowest BCUT2D eigenvalue weighted by Gasteiger charge is -2.22. The fraction of sp³-hybridized carbons (Fsp3) is 0.115. The summed E-state index contributed by atoms with van der Waals surface area (Å²) in [5.74, 6) is 0.145.